The summed E-state index contributed by atoms with van der Waals surface area (Å²) < 4.78 is 2.29. The molecule has 0 radical (unpaired) electrons. The van der Waals surface area contributed by atoms with E-state index in [1.54, 1.807) is 0 Å². The molecule has 64 heavy (non-hydrogen) atoms. The number of aromatic hydroxyl groups is 1. The largest absolute Gasteiger partial charge is 0.507 e. The molecule has 0 bridgehead atoms. The monoisotopic (exact) mass is 844 g/mol. The van der Waals surface area contributed by atoms with Gasteiger partial charge in [-0.25, -0.2) is 4.98 Å². The van der Waals surface area contributed by atoms with E-state index in [0.29, 0.717) is 5.82 Å². The van der Waals surface area contributed by atoms with E-state index in [4.69, 9.17) is 9.97 Å². The third-order valence-corrected chi connectivity index (χ3v) is 12.7. The number of para-hydroxylation sites is 1. The molecule has 0 aliphatic carbocycles. The smallest absolute Gasteiger partial charge is 0.149 e. The summed E-state index contributed by atoms with van der Waals surface area (Å²) in [6.07, 6.45) is 1.92. The first kappa shape index (κ1) is 44.4. The van der Waals surface area contributed by atoms with Crippen LogP contribution < -0.4 is 0 Å². The molecule has 326 valence electrons. The molecule has 0 aliphatic rings. The van der Waals surface area contributed by atoms with Crippen molar-refractivity contribution in [3.8, 4) is 67.5 Å². The van der Waals surface area contributed by atoms with Crippen molar-refractivity contribution in [2.24, 2.45) is 0 Å². The van der Waals surface area contributed by atoms with E-state index in [9.17, 15) is 5.11 Å². The van der Waals surface area contributed by atoms with Crippen LogP contribution in [0.25, 0.3) is 72.7 Å². The van der Waals surface area contributed by atoms with E-state index in [2.05, 4.69) is 229 Å². The highest BCUT2D eigenvalue weighted by Gasteiger charge is 2.30. The third-order valence-electron chi connectivity index (χ3n) is 12.7. The van der Waals surface area contributed by atoms with Gasteiger partial charge < -0.3 is 5.11 Å². The number of fused-ring (bicyclic) bond motifs is 1. The Hall–Kier alpha value is -6.26. The van der Waals surface area contributed by atoms with Gasteiger partial charge in [0, 0.05) is 28.5 Å². The summed E-state index contributed by atoms with van der Waals surface area (Å²) >= 11 is 0. The van der Waals surface area contributed by atoms with E-state index >= 15 is 0 Å². The summed E-state index contributed by atoms with van der Waals surface area (Å²) in [5.41, 5.74) is 18.5. The van der Waals surface area contributed by atoms with Gasteiger partial charge in [0.15, 0.2) is 0 Å². The van der Waals surface area contributed by atoms with Crippen molar-refractivity contribution >= 4 is 11.0 Å². The molecule has 4 nitrogen and oxygen atoms in total. The number of imidazole rings is 1. The Bertz CT molecular complexity index is 3030. The second-order valence-electron chi connectivity index (χ2n) is 22.1. The number of pyridine rings is 1. The minimum atomic E-state index is -0.319. The normalized spacial score (nSPS) is 12.6. The average molecular weight is 844 g/mol. The van der Waals surface area contributed by atoms with Crippen LogP contribution in [0.1, 0.15) is 116 Å². The minimum Gasteiger partial charge on any atom is -0.507 e. The van der Waals surface area contributed by atoms with Gasteiger partial charge in [-0.2, -0.15) is 0 Å². The molecule has 6 aromatic carbocycles. The Morgan fingerprint density at radius 1 is 0.453 bits per heavy atom. The highest BCUT2D eigenvalue weighted by atomic mass is 16.3. The lowest BCUT2D eigenvalue weighted by Crippen LogP contribution is -2.17. The van der Waals surface area contributed by atoms with Gasteiger partial charge in [0.1, 0.15) is 11.6 Å². The maximum atomic E-state index is 12.5. The molecule has 0 unspecified atom stereocenters. The van der Waals surface area contributed by atoms with Gasteiger partial charge in [0.05, 0.1) is 28.0 Å². The van der Waals surface area contributed by atoms with Crippen LogP contribution in [0.15, 0.2) is 134 Å². The number of hydrogen-bond acceptors (Lipinski definition) is 3. The van der Waals surface area contributed by atoms with E-state index < -0.39 is 0 Å². The Kier molecular flexibility index (Phi) is 11.1. The number of aryl methyl sites for hydroxylation is 2. The molecule has 0 amide bonds. The number of phenolic OH excluding ortho intramolecular Hbond substituents is 1. The van der Waals surface area contributed by atoms with Crippen molar-refractivity contribution in [1.29, 1.82) is 0 Å². The molecular weight excluding hydrogens is 779 g/mol. The van der Waals surface area contributed by atoms with Crippen LogP contribution in [0.3, 0.4) is 0 Å². The van der Waals surface area contributed by atoms with Gasteiger partial charge in [-0.15, -0.1) is 0 Å². The Labute approximate surface area is 382 Å². The standard InChI is InChI=1S/C60H65N3O/c1-37-18-21-39(22-19-37)41-28-29-61-51(34-41)43-31-42(32-45(33-43)58(6,7)8)47-16-15-17-53-54(47)62-56(49-35-46(59(9,10)11)36-50(55(49)64)60(12,13)14)63(53)52-27-20-38(2)30-48(52)40-23-25-44(26-24-40)57(3,4)5/h15-36,64H,1-14H3. The minimum absolute atomic E-state index is 0.0303. The lowest BCUT2D eigenvalue weighted by Gasteiger charge is -2.27. The summed E-state index contributed by atoms with van der Waals surface area (Å²) in [4.78, 5) is 10.6. The van der Waals surface area contributed by atoms with E-state index in [1.807, 2.05) is 6.20 Å². The molecule has 1 N–H and O–H groups in total. The highest BCUT2D eigenvalue weighted by Crippen LogP contribution is 2.46. The predicted octanol–water partition coefficient (Wildman–Crippen LogP) is 16.3. The van der Waals surface area contributed by atoms with Gasteiger partial charge in [0.25, 0.3) is 0 Å². The molecule has 2 aromatic heterocycles. The molecule has 2 heterocycles. The van der Waals surface area contributed by atoms with Gasteiger partial charge >= 0.3 is 0 Å². The molecule has 0 aliphatic heterocycles. The number of aromatic nitrogens is 3. The van der Waals surface area contributed by atoms with Crippen LogP contribution in [0.5, 0.6) is 5.75 Å². The fourth-order valence-electron chi connectivity index (χ4n) is 8.67. The Balaban J connectivity index is 1.44. The fraction of sp³-hybridized carbons (Fsp3) is 0.300. The van der Waals surface area contributed by atoms with Crippen molar-refractivity contribution in [3.63, 3.8) is 0 Å². The molecule has 0 atom stereocenters. The van der Waals surface area contributed by atoms with Crippen molar-refractivity contribution in [2.75, 3.05) is 0 Å². The van der Waals surface area contributed by atoms with E-state index in [-0.39, 0.29) is 27.4 Å². The molecular formula is C60H65N3O. The second-order valence-corrected chi connectivity index (χ2v) is 22.1. The summed E-state index contributed by atoms with van der Waals surface area (Å²) in [7, 11) is 0. The Morgan fingerprint density at radius 3 is 1.70 bits per heavy atom. The zero-order valence-corrected chi connectivity index (χ0v) is 40.5. The summed E-state index contributed by atoms with van der Waals surface area (Å²) in [5.74, 6) is 0.964. The third kappa shape index (κ3) is 8.68. The Morgan fingerprint density at radius 2 is 1.06 bits per heavy atom. The number of benzene rings is 6. The molecule has 4 heteroatoms. The van der Waals surface area contributed by atoms with Crippen LogP contribution in [0.4, 0.5) is 0 Å². The van der Waals surface area contributed by atoms with E-state index in [0.717, 1.165) is 72.5 Å². The van der Waals surface area contributed by atoms with Crippen molar-refractivity contribution in [2.45, 2.75) is 119 Å². The van der Waals surface area contributed by atoms with Crippen LogP contribution >= 0.6 is 0 Å². The SMILES string of the molecule is Cc1ccc(-c2ccnc(-c3cc(-c4cccc5c4nc(-c4cc(C(C)(C)C)cc(C(C)(C)C)c4O)n5-c4ccc(C)cc4-c4ccc(C(C)(C)C)cc4)cc(C(C)(C)C)c3)c2)cc1. The first-order valence-electron chi connectivity index (χ1n) is 22.8. The first-order valence-corrected chi connectivity index (χ1v) is 22.8. The van der Waals surface area contributed by atoms with Crippen LogP contribution in [-0.2, 0) is 21.7 Å². The lowest BCUT2D eigenvalue weighted by atomic mass is 9.79. The molecule has 0 saturated heterocycles. The van der Waals surface area contributed by atoms with Gasteiger partial charge in [-0.05, 0) is 123 Å². The number of nitrogens with zero attached hydrogens (tertiary/aromatic N) is 3. The second kappa shape index (κ2) is 16.1. The maximum Gasteiger partial charge on any atom is 0.149 e. The van der Waals surface area contributed by atoms with Gasteiger partial charge in [-0.1, -0.05) is 173 Å². The molecule has 0 spiro atoms. The predicted molar refractivity (Wildman–Crippen MR) is 272 cm³/mol. The topological polar surface area (TPSA) is 50.9 Å². The quantitative estimate of drug-likeness (QED) is 0.181. The molecule has 8 aromatic rings. The molecule has 0 saturated carbocycles. The summed E-state index contributed by atoms with van der Waals surface area (Å²) in [6.45, 7) is 31.1. The number of hydrogen-bond donors (Lipinski definition) is 1. The summed E-state index contributed by atoms with van der Waals surface area (Å²) in [5, 5.41) is 12.5. The average Bonchev–Trinajstić information content (AvgIpc) is 3.62. The zero-order chi connectivity index (χ0) is 46.1. The fourth-order valence-corrected chi connectivity index (χ4v) is 8.67. The van der Waals surface area contributed by atoms with Crippen LogP contribution in [-0.4, -0.2) is 19.6 Å². The number of phenols is 1. The zero-order valence-electron chi connectivity index (χ0n) is 40.5. The molecule has 8 rings (SSSR count). The van der Waals surface area contributed by atoms with Crippen LogP contribution in [0, 0.1) is 13.8 Å². The summed E-state index contributed by atoms with van der Waals surface area (Å²) in [6, 6.07) is 46.4. The molecule has 0 fully saturated rings. The van der Waals surface area contributed by atoms with Crippen LogP contribution in [0.2, 0.25) is 0 Å². The maximum absolute atomic E-state index is 12.5. The van der Waals surface area contributed by atoms with Crippen molar-refractivity contribution in [1.82, 2.24) is 14.5 Å². The van der Waals surface area contributed by atoms with Crippen molar-refractivity contribution < 1.29 is 5.11 Å². The van der Waals surface area contributed by atoms with Crippen molar-refractivity contribution in [3.05, 3.63) is 167 Å². The van der Waals surface area contributed by atoms with E-state index in [1.165, 1.54) is 27.8 Å². The van der Waals surface area contributed by atoms with Gasteiger partial charge in [0.2, 0.25) is 0 Å². The first-order chi connectivity index (χ1) is 30.0. The number of rotatable bonds is 6. The van der Waals surface area contributed by atoms with Gasteiger partial charge in [-0.3, -0.25) is 9.55 Å². The lowest BCUT2D eigenvalue weighted by molar-refractivity contribution is 0.446. The highest BCUT2D eigenvalue weighted by molar-refractivity contribution is 5.98.